The Morgan fingerprint density at radius 3 is 1.63 bits per heavy atom. The fourth-order valence-corrected chi connectivity index (χ4v) is 9.68. The van der Waals surface area contributed by atoms with E-state index in [2.05, 4.69) is 61.8 Å². The van der Waals surface area contributed by atoms with Crippen LogP contribution in [0.5, 0.6) is 0 Å². The zero-order valence-corrected chi connectivity index (χ0v) is 34.2. The highest BCUT2D eigenvalue weighted by Crippen LogP contribution is 2.36. The van der Waals surface area contributed by atoms with Crippen molar-refractivity contribution >= 4 is 75.0 Å². The number of aromatic nitrogens is 8. The van der Waals surface area contributed by atoms with Gasteiger partial charge in [-0.1, -0.05) is 0 Å². The maximum Gasteiger partial charge on any atom is 0.315 e. The van der Waals surface area contributed by atoms with Crippen LogP contribution in [-0.2, 0) is 9.59 Å². The van der Waals surface area contributed by atoms with E-state index in [1.807, 2.05) is 4.57 Å². The van der Waals surface area contributed by atoms with E-state index in [1.54, 1.807) is 10.9 Å². The molecule has 0 aromatic carbocycles. The number of urea groups is 1. The molecule has 21 nitrogen and oxygen atoms in total. The first-order chi connectivity index (χ1) is 29.0. The van der Waals surface area contributed by atoms with Crippen molar-refractivity contribution in [1.82, 2.24) is 60.3 Å². The number of nitrogens with zero attached hydrogens (tertiary/aromatic N) is 8. The number of hydrogen-bond donors (Lipinski definition) is 10. The average molecular weight is 874 g/mol. The van der Waals surface area contributed by atoms with Gasteiger partial charge in [-0.3, -0.25) is 9.59 Å². The number of rotatable bonds is 12. The molecule has 4 aromatic heterocycles. The van der Waals surface area contributed by atoms with Gasteiger partial charge < -0.3 is 61.5 Å². The van der Waals surface area contributed by atoms with Gasteiger partial charge in [-0.05, 0) is 100 Å². The fourth-order valence-electron chi connectivity index (χ4n) is 9.35. The minimum Gasteiger partial charge on any atom is -0.388 e. The van der Waals surface area contributed by atoms with Gasteiger partial charge in [0, 0.05) is 36.3 Å². The Kier molecular flexibility index (Phi) is 12.7. The average Bonchev–Trinajstić information content (AvgIpc) is 4.03. The van der Waals surface area contributed by atoms with Crippen LogP contribution in [0.1, 0.15) is 89.1 Å². The number of aliphatic hydroxyl groups excluding tert-OH is 4. The fraction of sp³-hybridized carbons (Fsp3) is 0.649. The van der Waals surface area contributed by atoms with Crippen molar-refractivity contribution in [2.24, 2.45) is 0 Å². The van der Waals surface area contributed by atoms with Crippen LogP contribution in [0.15, 0.2) is 12.7 Å². The Balaban J connectivity index is 0.793. The standard InChI is InChI=1S/C37H50Cl2N14O7/c38-35-48-31(27-33(50-35)52(15-40-27)22-10-9-21(11-22)42-25(56)13-54)43-17-1-5-19(6-2-17)45-37(60)46-20-7-3-18(4-8-20)44-32-28-34(51-36(39)49-32)53(16-41-28)24-12-23(29(58)30(24)59)47-26(57)14-55/h15-24,29-30,54-55,58-59H,1-14H2,(H,42,56)(H,47,57)(H,43,48,50)(H,44,49,51)(H2,45,46,60)/t17-,18-,19-,20-,21-,22+,23+,24-,29-,30+/m1/s1. The molecule has 0 saturated heterocycles. The van der Waals surface area contributed by atoms with Gasteiger partial charge in [0.2, 0.25) is 22.4 Å². The molecule has 324 valence electrons. The third-order valence-corrected chi connectivity index (χ3v) is 12.7. The first kappa shape index (κ1) is 42.0. The van der Waals surface area contributed by atoms with Gasteiger partial charge in [0.05, 0.1) is 24.7 Å². The number of fused-ring (bicyclic) bond motifs is 2. The zero-order valence-electron chi connectivity index (χ0n) is 32.7. The molecule has 4 amide bonds. The van der Waals surface area contributed by atoms with Gasteiger partial charge in [-0.2, -0.15) is 19.9 Å². The zero-order chi connectivity index (χ0) is 42.1. The molecule has 0 spiro atoms. The molecule has 23 heteroatoms. The number of nitrogens with one attached hydrogen (secondary N) is 6. The summed E-state index contributed by atoms with van der Waals surface area (Å²) in [5, 5.41) is 58.3. The normalized spacial score (nSPS) is 29.4. The predicted molar refractivity (Wildman–Crippen MR) is 218 cm³/mol. The van der Waals surface area contributed by atoms with Gasteiger partial charge in [-0.25, -0.2) is 14.8 Å². The van der Waals surface area contributed by atoms with Gasteiger partial charge in [0.1, 0.15) is 25.4 Å². The van der Waals surface area contributed by atoms with E-state index in [-0.39, 0.29) is 65.2 Å². The third-order valence-electron chi connectivity index (χ3n) is 12.4. The molecule has 60 heavy (non-hydrogen) atoms. The van der Waals surface area contributed by atoms with Crippen molar-refractivity contribution in [1.29, 1.82) is 0 Å². The first-order valence-electron chi connectivity index (χ1n) is 20.5. The molecule has 0 radical (unpaired) electrons. The summed E-state index contributed by atoms with van der Waals surface area (Å²) in [7, 11) is 0. The number of carbonyl (C=O) groups is 3. The van der Waals surface area contributed by atoms with Gasteiger partial charge >= 0.3 is 6.03 Å². The van der Waals surface area contributed by atoms with E-state index >= 15 is 0 Å². The third kappa shape index (κ3) is 9.15. The predicted octanol–water partition coefficient (Wildman–Crippen LogP) is 1.06. The van der Waals surface area contributed by atoms with Crippen LogP contribution in [0.3, 0.4) is 0 Å². The van der Waals surface area contributed by atoms with Gasteiger partial charge in [0.15, 0.2) is 34.0 Å². The summed E-state index contributed by atoms with van der Waals surface area (Å²) < 4.78 is 3.61. The molecule has 4 heterocycles. The number of imidazole rings is 2. The van der Waals surface area contributed by atoms with E-state index in [4.69, 9.17) is 33.4 Å². The Morgan fingerprint density at radius 1 is 0.600 bits per heavy atom. The van der Waals surface area contributed by atoms with Crippen LogP contribution in [0.25, 0.3) is 22.3 Å². The van der Waals surface area contributed by atoms with Crippen LogP contribution in [0, 0.1) is 0 Å². The maximum atomic E-state index is 13.1. The number of halogens is 2. The SMILES string of the molecule is O=C(CO)N[C@@H]1CC[C@H](n2cnc3c(N[C@H]4CC[C@H](NC(=O)N[C@H]5CC[C@H](Nc6nc(Cl)nc7c6ncn7[C@@H]6C[C@H](NC(=O)CO)[C@@H](O)[C@H]6O)CC5)CC4)nc(Cl)nc32)C1. The summed E-state index contributed by atoms with van der Waals surface area (Å²) in [5.74, 6) is -0.0287. The lowest BCUT2D eigenvalue weighted by Gasteiger charge is -2.32. The number of anilines is 2. The molecule has 6 atom stereocenters. The second-order valence-electron chi connectivity index (χ2n) is 16.3. The van der Waals surface area contributed by atoms with E-state index in [0.717, 1.165) is 64.2 Å². The van der Waals surface area contributed by atoms with E-state index in [0.29, 0.717) is 40.4 Å². The minimum absolute atomic E-state index is 0.00274. The molecule has 4 aromatic rings. The highest BCUT2D eigenvalue weighted by molar-refractivity contribution is 6.29. The number of aliphatic hydroxyl groups is 4. The smallest absolute Gasteiger partial charge is 0.315 e. The number of amides is 4. The molecular weight excluding hydrogens is 823 g/mol. The monoisotopic (exact) mass is 872 g/mol. The molecule has 0 aliphatic heterocycles. The van der Waals surface area contributed by atoms with Crippen molar-refractivity contribution in [2.75, 3.05) is 23.8 Å². The molecule has 4 fully saturated rings. The summed E-state index contributed by atoms with van der Waals surface area (Å²) in [6.07, 6.45) is 9.47. The lowest BCUT2D eigenvalue weighted by molar-refractivity contribution is -0.125. The van der Waals surface area contributed by atoms with Crippen molar-refractivity contribution in [2.45, 2.75) is 138 Å². The van der Waals surface area contributed by atoms with E-state index in [1.165, 1.54) is 6.33 Å². The molecule has 8 rings (SSSR count). The molecule has 4 aliphatic carbocycles. The number of hydrogen-bond acceptors (Lipinski definition) is 15. The van der Waals surface area contributed by atoms with Crippen LogP contribution in [0.4, 0.5) is 16.4 Å². The maximum absolute atomic E-state index is 13.1. The summed E-state index contributed by atoms with van der Waals surface area (Å²) in [6.45, 7) is -1.27. The van der Waals surface area contributed by atoms with Crippen molar-refractivity contribution in [3.8, 4) is 0 Å². The summed E-state index contributed by atoms with van der Waals surface area (Å²) in [5.41, 5.74) is 2.07. The van der Waals surface area contributed by atoms with Crippen LogP contribution < -0.4 is 31.9 Å². The lowest BCUT2D eigenvalue weighted by atomic mass is 9.90. The van der Waals surface area contributed by atoms with Crippen molar-refractivity contribution in [3.63, 3.8) is 0 Å². The van der Waals surface area contributed by atoms with E-state index < -0.39 is 43.4 Å². The van der Waals surface area contributed by atoms with Crippen LogP contribution >= 0.6 is 23.2 Å². The van der Waals surface area contributed by atoms with E-state index in [9.17, 15) is 24.6 Å². The van der Waals surface area contributed by atoms with Gasteiger partial charge in [0.25, 0.3) is 0 Å². The second-order valence-corrected chi connectivity index (χ2v) is 17.0. The van der Waals surface area contributed by atoms with Crippen molar-refractivity contribution < 1.29 is 34.8 Å². The molecule has 0 bridgehead atoms. The van der Waals surface area contributed by atoms with Crippen molar-refractivity contribution in [3.05, 3.63) is 23.2 Å². The molecular formula is C37H50Cl2N14O7. The molecule has 0 unspecified atom stereocenters. The van der Waals surface area contributed by atoms with Crippen LogP contribution in [-0.4, -0.2) is 139 Å². The number of carbonyl (C=O) groups excluding carboxylic acids is 3. The highest BCUT2D eigenvalue weighted by atomic mass is 35.5. The lowest BCUT2D eigenvalue weighted by Crippen LogP contribution is -2.49. The van der Waals surface area contributed by atoms with Gasteiger partial charge in [-0.15, -0.1) is 0 Å². The Morgan fingerprint density at radius 2 is 1.08 bits per heavy atom. The summed E-state index contributed by atoms with van der Waals surface area (Å²) in [6, 6.07) is -1.39. The Bertz CT molecular complexity index is 2190. The highest BCUT2D eigenvalue weighted by Gasteiger charge is 2.44. The first-order valence-corrected chi connectivity index (χ1v) is 21.3. The topological polar surface area (TPSA) is 292 Å². The van der Waals surface area contributed by atoms with Crippen LogP contribution in [0.2, 0.25) is 10.6 Å². The second kappa shape index (κ2) is 18.1. The minimum atomic E-state index is -1.25. The largest absolute Gasteiger partial charge is 0.388 e. The quantitative estimate of drug-likeness (QED) is 0.0891. The summed E-state index contributed by atoms with van der Waals surface area (Å²) >= 11 is 12.7. The molecule has 10 N–H and O–H groups in total. The molecule has 4 saturated carbocycles. The Labute approximate surface area is 353 Å². The summed E-state index contributed by atoms with van der Waals surface area (Å²) in [4.78, 5) is 63.4. The molecule has 4 aliphatic rings. The Hall–Kier alpha value is -4.67.